The lowest BCUT2D eigenvalue weighted by Gasteiger charge is -2.42. The molecule has 0 aliphatic carbocycles. The molecule has 0 spiro atoms. The summed E-state index contributed by atoms with van der Waals surface area (Å²) in [6, 6.07) is 6.05. The van der Waals surface area contributed by atoms with Gasteiger partial charge in [0.25, 0.3) is 0 Å². The van der Waals surface area contributed by atoms with Gasteiger partial charge in [0.2, 0.25) is 0 Å². The summed E-state index contributed by atoms with van der Waals surface area (Å²) in [6.45, 7) is 7.67. The highest BCUT2D eigenvalue weighted by Gasteiger charge is 2.39. The van der Waals surface area contributed by atoms with Crippen molar-refractivity contribution in [2.45, 2.75) is 32.2 Å². The number of nitrogens with zero attached hydrogens (tertiary/aromatic N) is 1. The van der Waals surface area contributed by atoms with Gasteiger partial charge >= 0.3 is 0 Å². The number of hydrogen-bond acceptors (Lipinski definition) is 4. The van der Waals surface area contributed by atoms with Crippen molar-refractivity contribution in [3.8, 4) is 11.5 Å². The fourth-order valence-electron chi connectivity index (χ4n) is 3.31. The molecule has 0 fully saturated rings. The van der Waals surface area contributed by atoms with Gasteiger partial charge in [-0.15, -0.1) is 0 Å². The molecule has 0 radical (unpaired) electrons. The van der Waals surface area contributed by atoms with Crippen LogP contribution in [-0.4, -0.2) is 38.3 Å². The predicted octanol–water partition coefficient (Wildman–Crippen LogP) is 2.36. The fraction of sp³-hybridized carbons (Fsp3) is 0.625. The van der Waals surface area contributed by atoms with Gasteiger partial charge in [-0.2, -0.15) is 0 Å². The Bertz CT molecular complexity index is 446. The van der Waals surface area contributed by atoms with Crippen LogP contribution in [0.5, 0.6) is 11.5 Å². The Kier molecular flexibility index (Phi) is 4.89. The number of fused-ring (bicyclic) bond motifs is 1. The third-order valence-electron chi connectivity index (χ3n) is 4.39. The number of nitrogens with two attached hydrogens (primary N) is 1. The van der Waals surface area contributed by atoms with Gasteiger partial charge in [-0.3, -0.25) is 4.90 Å². The zero-order chi connectivity index (χ0) is 14.6. The largest absolute Gasteiger partial charge is 0.497 e. The van der Waals surface area contributed by atoms with E-state index in [2.05, 4.69) is 24.8 Å². The molecule has 1 aromatic rings. The summed E-state index contributed by atoms with van der Waals surface area (Å²) in [5, 5.41) is 0. The molecule has 112 valence electrons. The van der Waals surface area contributed by atoms with E-state index in [1.54, 1.807) is 7.11 Å². The number of benzene rings is 1. The maximum Gasteiger partial charge on any atom is 0.124 e. The van der Waals surface area contributed by atoms with Crippen molar-refractivity contribution in [3.05, 3.63) is 23.8 Å². The number of rotatable bonds is 5. The molecule has 1 heterocycles. The Morgan fingerprint density at radius 3 is 2.70 bits per heavy atom. The van der Waals surface area contributed by atoms with E-state index in [1.165, 1.54) is 5.56 Å². The van der Waals surface area contributed by atoms with E-state index < -0.39 is 0 Å². The minimum absolute atomic E-state index is 0.149. The molecular weight excluding hydrogens is 252 g/mol. The van der Waals surface area contributed by atoms with Crippen molar-refractivity contribution in [2.24, 2.45) is 5.73 Å². The monoisotopic (exact) mass is 278 g/mol. The highest BCUT2D eigenvalue weighted by atomic mass is 16.5. The first kappa shape index (κ1) is 15.1. The molecule has 2 rings (SSSR count). The van der Waals surface area contributed by atoms with E-state index in [-0.39, 0.29) is 5.54 Å². The maximum absolute atomic E-state index is 6.23. The Morgan fingerprint density at radius 1 is 1.35 bits per heavy atom. The summed E-state index contributed by atoms with van der Waals surface area (Å²) in [5.74, 6) is 1.81. The lowest BCUT2D eigenvalue weighted by molar-refractivity contribution is 0.0951. The summed E-state index contributed by atoms with van der Waals surface area (Å²) in [4.78, 5) is 2.44. The van der Waals surface area contributed by atoms with Gasteiger partial charge < -0.3 is 15.2 Å². The first-order valence-corrected chi connectivity index (χ1v) is 7.48. The second kappa shape index (κ2) is 6.46. The number of hydrogen-bond donors (Lipinski definition) is 1. The number of likely N-dealkylation sites (N-methyl/N-ethyl adjacent to an activating group) is 1. The molecule has 2 N–H and O–H groups in total. The molecule has 1 aliphatic rings. The molecule has 1 aromatic carbocycles. The van der Waals surface area contributed by atoms with Gasteiger partial charge in [0.05, 0.1) is 19.3 Å². The smallest absolute Gasteiger partial charge is 0.124 e. The van der Waals surface area contributed by atoms with E-state index in [4.69, 9.17) is 15.2 Å². The Balaban J connectivity index is 2.57. The van der Waals surface area contributed by atoms with Crippen LogP contribution >= 0.6 is 0 Å². The second-order valence-electron chi connectivity index (χ2n) is 5.22. The average Bonchev–Trinajstić information content (AvgIpc) is 2.68. The molecule has 0 amide bonds. The first-order chi connectivity index (χ1) is 9.71. The molecule has 4 heteroatoms. The third kappa shape index (κ3) is 2.50. The standard InChI is InChI=1S/C16H26N2O2/c1-4-18(5-2)16(12-17)9-6-10-20-15-8-7-13(19-3)11-14(15)16/h7-8,11H,4-6,9-10,12,17H2,1-3H3. The van der Waals surface area contributed by atoms with Crippen LogP contribution in [0.1, 0.15) is 32.3 Å². The van der Waals surface area contributed by atoms with Crippen molar-refractivity contribution in [2.75, 3.05) is 33.4 Å². The second-order valence-corrected chi connectivity index (χ2v) is 5.22. The lowest BCUT2D eigenvalue weighted by Crippen LogP contribution is -2.51. The molecule has 20 heavy (non-hydrogen) atoms. The van der Waals surface area contributed by atoms with Gasteiger partial charge in [-0.05, 0) is 44.1 Å². The average molecular weight is 278 g/mol. The Labute approximate surface area is 121 Å². The minimum atomic E-state index is -0.149. The van der Waals surface area contributed by atoms with Crippen molar-refractivity contribution >= 4 is 0 Å². The molecule has 0 saturated carbocycles. The van der Waals surface area contributed by atoms with Gasteiger partial charge in [-0.25, -0.2) is 0 Å². The van der Waals surface area contributed by atoms with E-state index in [1.807, 2.05) is 12.1 Å². The van der Waals surface area contributed by atoms with Gasteiger partial charge in [0, 0.05) is 12.1 Å². The lowest BCUT2D eigenvalue weighted by atomic mass is 9.83. The van der Waals surface area contributed by atoms with Crippen LogP contribution in [0.3, 0.4) is 0 Å². The van der Waals surface area contributed by atoms with Gasteiger partial charge in [0.15, 0.2) is 0 Å². The summed E-state index contributed by atoms with van der Waals surface area (Å²) in [7, 11) is 1.70. The topological polar surface area (TPSA) is 47.7 Å². The summed E-state index contributed by atoms with van der Waals surface area (Å²) in [6.07, 6.45) is 2.04. The zero-order valence-electron chi connectivity index (χ0n) is 12.8. The van der Waals surface area contributed by atoms with Crippen LogP contribution < -0.4 is 15.2 Å². The molecule has 0 aromatic heterocycles. The molecule has 0 saturated heterocycles. The van der Waals surface area contributed by atoms with Crippen LogP contribution in [-0.2, 0) is 5.54 Å². The van der Waals surface area contributed by atoms with E-state index in [0.717, 1.165) is 44.0 Å². The molecule has 0 bridgehead atoms. The first-order valence-electron chi connectivity index (χ1n) is 7.48. The van der Waals surface area contributed by atoms with Gasteiger partial charge in [0.1, 0.15) is 11.5 Å². The summed E-state index contributed by atoms with van der Waals surface area (Å²) in [5.41, 5.74) is 7.25. The van der Waals surface area contributed by atoms with Crippen molar-refractivity contribution in [1.82, 2.24) is 4.90 Å². The van der Waals surface area contributed by atoms with Crippen molar-refractivity contribution < 1.29 is 9.47 Å². The van der Waals surface area contributed by atoms with Crippen LogP contribution in [0.4, 0.5) is 0 Å². The minimum Gasteiger partial charge on any atom is -0.497 e. The Morgan fingerprint density at radius 2 is 2.10 bits per heavy atom. The fourth-order valence-corrected chi connectivity index (χ4v) is 3.31. The van der Waals surface area contributed by atoms with Crippen LogP contribution in [0, 0.1) is 0 Å². The summed E-state index contributed by atoms with van der Waals surface area (Å²) >= 11 is 0. The molecule has 1 atom stereocenters. The van der Waals surface area contributed by atoms with E-state index >= 15 is 0 Å². The maximum atomic E-state index is 6.23. The molecule has 4 nitrogen and oxygen atoms in total. The van der Waals surface area contributed by atoms with Crippen LogP contribution in [0.15, 0.2) is 18.2 Å². The van der Waals surface area contributed by atoms with Gasteiger partial charge in [-0.1, -0.05) is 13.8 Å². The quantitative estimate of drug-likeness (QED) is 0.898. The highest BCUT2D eigenvalue weighted by Crippen LogP contribution is 2.42. The highest BCUT2D eigenvalue weighted by molar-refractivity contribution is 5.45. The normalized spacial score (nSPS) is 22.1. The van der Waals surface area contributed by atoms with Crippen LogP contribution in [0.2, 0.25) is 0 Å². The number of methoxy groups -OCH3 is 1. The predicted molar refractivity (Wildman–Crippen MR) is 81.4 cm³/mol. The SMILES string of the molecule is CCN(CC)C1(CN)CCCOc2ccc(OC)cc21. The third-order valence-corrected chi connectivity index (χ3v) is 4.39. The molecular formula is C16H26N2O2. The molecule has 1 aliphatic heterocycles. The van der Waals surface area contributed by atoms with Crippen molar-refractivity contribution in [3.63, 3.8) is 0 Å². The van der Waals surface area contributed by atoms with Crippen molar-refractivity contribution in [1.29, 1.82) is 0 Å². The van der Waals surface area contributed by atoms with Crippen LogP contribution in [0.25, 0.3) is 0 Å². The zero-order valence-corrected chi connectivity index (χ0v) is 12.8. The molecule has 1 unspecified atom stereocenters. The number of ether oxygens (including phenoxy) is 2. The summed E-state index contributed by atoms with van der Waals surface area (Å²) < 4.78 is 11.3. The van der Waals surface area contributed by atoms with E-state index in [0.29, 0.717) is 6.54 Å². The van der Waals surface area contributed by atoms with E-state index in [9.17, 15) is 0 Å². The Hall–Kier alpha value is -1.26.